The minimum atomic E-state index is 0.204. The fourth-order valence-electron chi connectivity index (χ4n) is 2.55. The summed E-state index contributed by atoms with van der Waals surface area (Å²) in [5.41, 5.74) is 6.50. The Balaban J connectivity index is 2.02. The lowest BCUT2D eigenvalue weighted by atomic mass is 9.86. The molecule has 0 spiro atoms. The van der Waals surface area contributed by atoms with Crippen LogP contribution in [0, 0.1) is 6.92 Å². The van der Waals surface area contributed by atoms with Crippen molar-refractivity contribution in [3.63, 3.8) is 0 Å². The van der Waals surface area contributed by atoms with E-state index in [1.165, 1.54) is 33.3 Å². The van der Waals surface area contributed by atoms with Gasteiger partial charge in [-0.05, 0) is 41.2 Å². The molecule has 0 amide bonds. The Bertz CT molecular complexity index is 740. The van der Waals surface area contributed by atoms with Crippen LogP contribution in [0.5, 0.6) is 0 Å². The minimum absolute atomic E-state index is 0.204. The highest BCUT2D eigenvalue weighted by Gasteiger charge is 2.13. The number of hydrogen-bond donors (Lipinski definition) is 1. The van der Waals surface area contributed by atoms with Crippen LogP contribution < -0.4 is 0 Å². The molecule has 0 aliphatic heterocycles. The van der Waals surface area contributed by atoms with Crippen molar-refractivity contribution in [2.75, 3.05) is 0 Å². The van der Waals surface area contributed by atoms with E-state index in [2.05, 4.69) is 81.2 Å². The Morgan fingerprint density at radius 1 is 0.850 bits per heavy atom. The Hall–Kier alpha value is -2.02. The van der Waals surface area contributed by atoms with E-state index in [0.29, 0.717) is 0 Å². The first-order valence-electron chi connectivity index (χ1n) is 7.14. The molecule has 1 aromatic heterocycles. The summed E-state index contributed by atoms with van der Waals surface area (Å²) in [4.78, 5) is 3.51. The molecule has 0 fully saturated rings. The van der Waals surface area contributed by atoms with Crippen LogP contribution in [-0.2, 0) is 5.41 Å². The van der Waals surface area contributed by atoms with Gasteiger partial charge in [0, 0.05) is 16.6 Å². The van der Waals surface area contributed by atoms with Crippen LogP contribution in [0.15, 0.2) is 48.5 Å². The van der Waals surface area contributed by atoms with Crippen molar-refractivity contribution >= 4 is 10.9 Å². The maximum atomic E-state index is 3.51. The molecular weight excluding hydrogens is 242 g/mol. The summed E-state index contributed by atoms with van der Waals surface area (Å²) in [5.74, 6) is 0. The van der Waals surface area contributed by atoms with Gasteiger partial charge in [-0.1, -0.05) is 57.2 Å². The summed E-state index contributed by atoms with van der Waals surface area (Å²) in [6.45, 7) is 8.85. The summed E-state index contributed by atoms with van der Waals surface area (Å²) in [7, 11) is 0. The fourth-order valence-corrected chi connectivity index (χ4v) is 2.55. The first-order valence-corrected chi connectivity index (χ1v) is 7.14. The number of benzene rings is 2. The van der Waals surface area contributed by atoms with Gasteiger partial charge >= 0.3 is 0 Å². The quantitative estimate of drug-likeness (QED) is 0.601. The lowest BCUT2D eigenvalue weighted by molar-refractivity contribution is 0.590. The summed E-state index contributed by atoms with van der Waals surface area (Å²) >= 11 is 0. The topological polar surface area (TPSA) is 15.8 Å². The molecule has 2 aromatic carbocycles. The Kier molecular flexibility index (Phi) is 2.93. The molecule has 0 bridgehead atoms. The highest BCUT2D eigenvalue weighted by atomic mass is 14.7. The van der Waals surface area contributed by atoms with Gasteiger partial charge in [-0.3, -0.25) is 0 Å². The van der Waals surface area contributed by atoms with Crippen molar-refractivity contribution in [1.29, 1.82) is 0 Å². The molecule has 1 N–H and O–H groups in total. The standard InChI is InChI=1S/C19H21N/c1-13-5-6-15-12-18(20-17(15)11-13)14-7-9-16(10-8-14)19(2,3)4/h5-12,20H,1-4H3. The number of aromatic nitrogens is 1. The van der Waals surface area contributed by atoms with Gasteiger partial charge in [-0.15, -0.1) is 0 Å². The second-order valence-corrected chi connectivity index (χ2v) is 6.60. The third-order valence-corrected chi connectivity index (χ3v) is 3.84. The molecule has 0 saturated heterocycles. The van der Waals surface area contributed by atoms with Crippen molar-refractivity contribution in [3.8, 4) is 11.3 Å². The highest BCUT2D eigenvalue weighted by Crippen LogP contribution is 2.28. The number of hydrogen-bond acceptors (Lipinski definition) is 0. The highest BCUT2D eigenvalue weighted by molar-refractivity contribution is 5.86. The van der Waals surface area contributed by atoms with Crippen molar-refractivity contribution in [1.82, 2.24) is 4.98 Å². The van der Waals surface area contributed by atoms with Gasteiger partial charge in [0.05, 0.1) is 0 Å². The second kappa shape index (κ2) is 4.52. The zero-order chi connectivity index (χ0) is 14.3. The zero-order valence-electron chi connectivity index (χ0n) is 12.6. The molecule has 102 valence electrons. The number of fused-ring (bicyclic) bond motifs is 1. The predicted molar refractivity (Wildman–Crippen MR) is 87.2 cm³/mol. The van der Waals surface area contributed by atoms with Gasteiger partial charge in [-0.25, -0.2) is 0 Å². The fraction of sp³-hybridized carbons (Fsp3) is 0.263. The molecule has 0 unspecified atom stereocenters. The summed E-state index contributed by atoms with van der Waals surface area (Å²) in [5, 5.41) is 1.27. The molecule has 1 heteroatoms. The molecule has 0 saturated carbocycles. The molecule has 1 nitrogen and oxygen atoms in total. The van der Waals surface area contributed by atoms with Crippen LogP contribution in [0.4, 0.5) is 0 Å². The molecule has 3 rings (SSSR count). The Labute approximate surface area is 120 Å². The normalized spacial score (nSPS) is 12.0. The lowest BCUT2D eigenvalue weighted by Gasteiger charge is -2.19. The monoisotopic (exact) mass is 263 g/mol. The second-order valence-electron chi connectivity index (χ2n) is 6.60. The number of aromatic amines is 1. The number of aryl methyl sites for hydroxylation is 1. The van der Waals surface area contributed by atoms with Crippen molar-refractivity contribution in [2.45, 2.75) is 33.1 Å². The number of H-pyrrole nitrogens is 1. The van der Waals surface area contributed by atoms with E-state index in [9.17, 15) is 0 Å². The molecule has 1 heterocycles. The van der Waals surface area contributed by atoms with Gasteiger partial charge < -0.3 is 4.98 Å². The molecule has 0 atom stereocenters. The van der Waals surface area contributed by atoms with Crippen molar-refractivity contribution in [2.24, 2.45) is 0 Å². The van der Waals surface area contributed by atoms with Gasteiger partial charge in [0.15, 0.2) is 0 Å². The number of nitrogens with one attached hydrogen (secondary N) is 1. The van der Waals surface area contributed by atoms with Gasteiger partial charge in [0.25, 0.3) is 0 Å². The largest absolute Gasteiger partial charge is 0.355 e. The molecule has 0 radical (unpaired) electrons. The Morgan fingerprint density at radius 3 is 2.20 bits per heavy atom. The van der Waals surface area contributed by atoms with Crippen LogP contribution in [0.2, 0.25) is 0 Å². The molecule has 0 aliphatic carbocycles. The van der Waals surface area contributed by atoms with Crippen LogP contribution in [0.25, 0.3) is 22.2 Å². The molecule has 3 aromatic rings. The molecule has 20 heavy (non-hydrogen) atoms. The summed E-state index contributed by atoms with van der Waals surface area (Å²) in [6, 6.07) is 17.6. The average Bonchev–Trinajstić information content (AvgIpc) is 2.80. The summed E-state index contributed by atoms with van der Waals surface area (Å²) in [6.07, 6.45) is 0. The predicted octanol–water partition coefficient (Wildman–Crippen LogP) is 5.44. The van der Waals surface area contributed by atoms with E-state index in [1.807, 2.05) is 0 Å². The lowest BCUT2D eigenvalue weighted by Crippen LogP contribution is -2.10. The molecule has 0 aliphatic rings. The van der Waals surface area contributed by atoms with Crippen molar-refractivity contribution < 1.29 is 0 Å². The van der Waals surface area contributed by atoms with E-state index < -0.39 is 0 Å². The maximum Gasteiger partial charge on any atom is 0.0464 e. The van der Waals surface area contributed by atoms with Gasteiger partial charge in [-0.2, -0.15) is 0 Å². The first-order chi connectivity index (χ1) is 9.43. The smallest absolute Gasteiger partial charge is 0.0464 e. The first kappa shape index (κ1) is 13.0. The van der Waals surface area contributed by atoms with E-state index in [-0.39, 0.29) is 5.41 Å². The zero-order valence-corrected chi connectivity index (χ0v) is 12.6. The van der Waals surface area contributed by atoms with Crippen molar-refractivity contribution in [3.05, 3.63) is 59.7 Å². The van der Waals surface area contributed by atoms with E-state index >= 15 is 0 Å². The number of rotatable bonds is 1. The van der Waals surface area contributed by atoms with Crippen LogP contribution in [0.1, 0.15) is 31.9 Å². The van der Waals surface area contributed by atoms with E-state index in [1.54, 1.807) is 0 Å². The molecular formula is C19H21N. The van der Waals surface area contributed by atoms with Crippen LogP contribution >= 0.6 is 0 Å². The van der Waals surface area contributed by atoms with Crippen LogP contribution in [-0.4, -0.2) is 4.98 Å². The average molecular weight is 263 g/mol. The SMILES string of the molecule is Cc1ccc2cc(-c3ccc(C(C)(C)C)cc3)[nH]c2c1. The van der Waals surface area contributed by atoms with Gasteiger partial charge in [0.2, 0.25) is 0 Å². The van der Waals surface area contributed by atoms with Crippen LogP contribution in [0.3, 0.4) is 0 Å². The Morgan fingerprint density at radius 2 is 1.55 bits per heavy atom. The maximum absolute atomic E-state index is 3.51. The summed E-state index contributed by atoms with van der Waals surface area (Å²) < 4.78 is 0. The third kappa shape index (κ3) is 2.36. The van der Waals surface area contributed by atoms with E-state index in [4.69, 9.17) is 0 Å². The minimum Gasteiger partial charge on any atom is -0.355 e. The van der Waals surface area contributed by atoms with E-state index in [0.717, 1.165) is 0 Å². The third-order valence-electron chi connectivity index (χ3n) is 3.84. The van der Waals surface area contributed by atoms with Gasteiger partial charge in [0.1, 0.15) is 0 Å².